The summed E-state index contributed by atoms with van der Waals surface area (Å²) in [5.74, 6) is -0.140. The summed E-state index contributed by atoms with van der Waals surface area (Å²) in [6, 6.07) is 5.98. The van der Waals surface area contributed by atoms with E-state index in [1.165, 1.54) is 29.5 Å². The van der Waals surface area contributed by atoms with Gasteiger partial charge in [-0.05, 0) is 30.5 Å². The number of anilines is 5. The molecule has 0 saturated carbocycles. The molecule has 0 aliphatic carbocycles. The largest absolute Gasteiger partial charge is 0.433 e. The fourth-order valence-corrected chi connectivity index (χ4v) is 3.01. The third-order valence-corrected chi connectivity index (χ3v) is 4.51. The highest BCUT2D eigenvalue weighted by atomic mass is 32.1. The fourth-order valence-electron chi connectivity index (χ4n) is 2.31. The van der Waals surface area contributed by atoms with Crippen LogP contribution in [0.5, 0.6) is 5.75 Å². The highest BCUT2D eigenvalue weighted by Gasteiger charge is 2.14. The van der Waals surface area contributed by atoms with Crippen molar-refractivity contribution < 1.29 is 18.3 Å². The Hall–Kier alpha value is -3.47. The van der Waals surface area contributed by atoms with E-state index in [2.05, 4.69) is 25.3 Å². The van der Waals surface area contributed by atoms with Gasteiger partial charge < -0.3 is 26.8 Å². The van der Waals surface area contributed by atoms with Crippen LogP contribution in [0.4, 0.5) is 37.6 Å². The molecule has 6 N–H and O–H groups in total. The van der Waals surface area contributed by atoms with Crippen molar-refractivity contribution in [3.63, 3.8) is 0 Å². The number of aromatic nitrogens is 2. The summed E-state index contributed by atoms with van der Waals surface area (Å²) in [5.41, 5.74) is 12.7. The third kappa shape index (κ3) is 4.43. The lowest BCUT2D eigenvalue weighted by molar-refractivity contribution is -0.0493. The summed E-state index contributed by atoms with van der Waals surface area (Å²) in [6.45, 7) is -1.24. The summed E-state index contributed by atoms with van der Waals surface area (Å²) >= 11 is 1.20. The standard InChI is InChI=1S/C17H16F2N6O2S/c1-8-7-22-17(24-10-3-2-9(20)6-12(10)27-16(18)19)25-15(8)23-11-4-5-28-13(11)14(21)26/h2-7,16H,20H2,1H3,(H2,21,26)(H2,22,23,24,25). The van der Waals surface area contributed by atoms with E-state index in [0.717, 1.165) is 0 Å². The number of nitrogens with two attached hydrogens (primary N) is 2. The topological polar surface area (TPSA) is 128 Å². The SMILES string of the molecule is Cc1cnc(Nc2ccc(N)cc2OC(F)F)nc1Nc1ccsc1C(N)=O. The van der Waals surface area contributed by atoms with E-state index in [-0.39, 0.29) is 23.1 Å². The molecule has 11 heteroatoms. The van der Waals surface area contributed by atoms with E-state index in [1.807, 2.05) is 0 Å². The number of nitrogens with zero attached hydrogens (tertiary/aromatic N) is 2. The highest BCUT2D eigenvalue weighted by Crippen LogP contribution is 2.31. The molecular weight excluding hydrogens is 390 g/mol. The zero-order valence-electron chi connectivity index (χ0n) is 14.6. The van der Waals surface area contributed by atoms with Crippen molar-refractivity contribution in [2.45, 2.75) is 13.5 Å². The third-order valence-electron chi connectivity index (χ3n) is 3.58. The van der Waals surface area contributed by atoms with Gasteiger partial charge in [0.25, 0.3) is 5.91 Å². The maximum atomic E-state index is 12.6. The first-order chi connectivity index (χ1) is 13.3. The smallest absolute Gasteiger partial charge is 0.387 e. The first-order valence-corrected chi connectivity index (χ1v) is 8.80. The summed E-state index contributed by atoms with van der Waals surface area (Å²) in [4.78, 5) is 20.3. The average molecular weight is 406 g/mol. The Labute approximate surface area is 162 Å². The van der Waals surface area contributed by atoms with Gasteiger partial charge in [-0.3, -0.25) is 4.79 Å². The molecule has 0 bridgehead atoms. The van der Waals surface area contributed by atoms with Crippen LogP contribution in [0, 0.1) is 6.92 Å². The van der Waals surface area contributed by atoms with E-state index < -0.39 is 12.5 Å². The molecule has 0 radical (unpaired) electrons. The molecule has 3 aromatic rings. The second-order valence-corrected chi connectivity index (χ2v) is 6.55. The van der Waals surface area contributed by atoms with Crippen LogP contribution in [0.3, 0.4) is 0 Å². The molecule has 146 valence electrons. The minimum absolute atomic E-state index is 0.132. The molecule has 0 saturated heterocycles. The van der Waals surface area contributed by atoms with Crippen molar-refractivity contribution in [3.05, 3.63) is 46.3 Å². The van der Waals surface area contributed by atoms with Gasteiger partial charge in [-0.15, -0.1) is 11.3 Å². The van der Waals surface area contributed by atoms with Gasteiger partial charge in [0.05, 0.1) is 11.4 Å². The van der Waals surface area contributed by atoms with E-state index in [9.17, 15) is 13.6 Å². The lowest BCUT2D eigenvalue weighted by atomic mass is 10.2. The van der Waals surface area contributed by atoms with Crippen molar-refractivity contribution in [3.8, 4) is 5.75 Å². The number of hydrogen-bond acceptors (Lipinski definition) is 8. The molecule has 1 aromatic carbocycles. The van der Waals surface area contributed by atoms with Crippen LogP contribution in [0.1, 0.15) is 15.2 Å². The number of hydrogen-bond donors (Lipinski definition) is 4. The first-order valence-electron chi connectivity index (χ1n) is 7.93. The summed E-state index contributed by atoms with van der Waals surface area (Å²) in [7, 11) is 0. The van der Waals surface area contributed by atoms with E-state index >= 15 is 0 Å². The highest BCUT2D eigenvalue weighted by molar-refractivity contribution is 7.12. The molecule has 0 unspecified atom stereocenters. The van der Waals surface area contributed by atoms with E-state index in [1.54, 1.807) is 24.6 Å². The van der Waals surface area contributed by atoms with Gasteiger partial charge in [0.15, 0.2) is 5.75 Å². The molecule has 3 rings (SSSR count). The lowest BCUT2D eigenvalue weighted by Gasteiger charge is -2.14. The molecule has 2 aromatic heterocycles. The second-order valence-electron chi connectivity index (χ2n) is 5.64. The van der Waals surface area contributed by atoms with Crippen LogP contribution in [0.15, 0.2) is 35.8 Å². The number of benzene rings is 1. The number of rotatable bonds is 7. The summed E-state index contributed by atoms with van der Waals surface area (Å²) < 4.78 is 29.8. The number of thiophene rings is 1. The van der Waals surface area contributed by atoms with Gasteiger partial charge in [-0.2, -0.15) is 13.8 Å². The van der Waals surface area contributed by atoms with Crippen LogP contribution in [-0.2, 0) is 0 Å². The summed E-state index contributed by atoms with van der Waals surface area (Å²) in [6.07, 6.45) is 1.54. The zero-order chi connectivity index (χ0) is 20.3. The Morgan fingerprint density at radius 2 is 2.04 bits per heavy atom. The van der Waals surface area contributed by atoms with Gasteiger partial charge in [-0.1, -0.05) is 0 Å². The minimum atomic E-state index is -3.01. The van der Waals surface area contributed by atoms with Crippen molar-refractivity contribution in [1.82, 2.24) is 9.97 Å². The molecule has 0 aliphatic heterocycles. The quantitative estimate of drug-likeness (QED) is 0.441. The van der Waals surface area contributed by atoms with Crippen molar-refractivity contribution >= 4 is 46.1 Å². The van der Waals surface area contributed by atoms with Gasteiger partial charge >= 0.3 is 6.61 Å². The predicted octanol–water partition coefficient (Wildman–Crippen LogP) is 3.62. The first kappa shape index (κ1) is 19.3. The average Bonchev–Trinajstić information content (AvgIpc) is 3.08. The van der Waals surface area contributed by atoms with Crippen LogP contribution in [0.2, 0.25) is 0 Å². The van der Waals surface area contributed by atoms with Crippen LogP contribution in [0.25, 0.3) is 0 Å². The van der Waals surface area contributed by atoms with Crippen LogP contribution >= 0.6 is 11.3 Å². The Morgan fingerprint density at radius 1 is 1.25 bits per heavy atom. The molecule has 0 atom stereocenters. The van der Waals surface area contributed by atoms with Gasteiger partial charge in [0.1, 0.15) is 10.7 Å². The molecule has 1 amide bonds. The second kappa shape index (κ2) is 8.05. The number of nitrogens with one attached hydrogen (secondary N) is 2. The monoisotopic (exact) mass is 406 g/mol. The number of carbonyl (C=O) groups is 1. The molecule has 0 aliphatic rings. The number of aryl methyl sites for hydroxylation is 1. The van der Waals surface area contributed by atoms with E-state index in [0.29, 0.717) is 21.9 Å². The van der Waals surface area contributed by atoms with Gasteiger partial charge in [-0.25, -0.2) is 4.98 Å². The number of amides is 1. The summed E-state index contributed by atoms with van der Waals surface area (Å²) in [5, 5.41) is 7.58. The lowest BCUT2D eigenvalue weighted by Crippen LogP contribution is -2.11. The number of ether oxygens (including phenoxy) is 1. The maximum absolute atomic E-state index is 12.6. The predicted molar refractivity (Wildman–Crippen MR) is 104 cm³/mol. The van der Waals surface area contributed by atoms with Crippen LogP contribution < -0.4 is 26.8 Å². The number of carbonyl (C=O) groups excluding carboxylic acids is 1. The van der Waals surface area contributed by atoms with Crippen LogP contribution in [-0.4, -0.2) is 22.5 Å². The molecule has 2 heterocycles. The number of alkyl halides is 2. The molecule has 0 fully saturated rings. The Kier molecular flexibility index (Phi) is 5.54. The number of nitrogen functional groups attached to an aromatic ring is 1. The Morgan fingerprint density at radius 3 is 2.75 bits per heavy atom. The van der Waals surface area contributed by atoms with Crippen molar-refractivity contribution in [1.29, 1.82) is 0 Å². The number of primary amides is 1. The Balaban J connectivity index is 1.88. The molecular formula is C17H16F2N6O2S. The normalized spacial score (nSPS) is 10.7. The molecule has 28 heavy (non-hydrogen) atoms. The molecule has 8 nitrogen and oxygen atoms in total. The van der Waals surface area contributed by atoms with Crippen molar-refractivity contribution in [2.75, 3.05) is 16.4 Å². The maximum Gasteiger partial charge on any atom is 0.387 e. The zero-order valence-corrected chi connectivity index (χ0v) is 15.4. The number of halogens is 2. The van der Waals surface area contributed by atoms with Gasteiger partial charge in [0, 0.05) is 23.5 Å². The molecule has 0 spiro atoms. The minimum Gasteiger partial charge on any atom is -0.433 e. The fraction of sp³-hybridized carbons (Fsp3) is 0.118. The van der Waals surface area contributed by atoms with E-state index in [4.69, 9.17) is 11.5 Å². The van der Waals surface area contributed by atoms with Gasteiger partial charge in [0.2, 0.25) is 5.95 Å². The Bertz CT molecular complexity index is 1010. The van der Waals surface area contributed by atoms with Crippen molar-refractivity contribution in [2.24, 2.45) is 5.73 Å².